The van der Waals surface area contributed by atoms with Gasteiger partial charge in [0.1, 0.15) is 5.78 Å². The molecule has 0 aliphatic rings. The number of carbonyl (C=O) groups is 1. The molecular weight excluding hydrogens is 176 g/mol. The minimum absolute atomic E-state index is 0.152. The van der Waals surface area contributed by atoms with Crippen molar-refractivity contribution >= 4 is 5.78 Å². The van der Waals surface area contributed by atoms with Crippen LogP contribution in [0.1, 0.15) is 53.9 Å². The lowest BCUT2D eigenvalue weighted by Gasteiger charge is -2.25. The van der Waals surface area contributed by atoms with Crippen molar-refractivity contribution in [2.24, 2.45) is 5.92 Å². The monoisotopic (exact) mass is 200 g/mol. The van der Waals surface area contributed by atoms with Crippen LogP contribution in [0, 0.1) is 5.92 Å². The van der Waals surface area contributed by atoms with Crippen molar-refractivity contribution in [3.63, 3.8) is 0 Å². The number of hydrogen-bond acceptors (Lipinski definition) is 2. The summed E-state index contributed by atoms with van der Waals surface area (Å²) in [4.78, 5) is 10.8. The fourth-order valence-corrected chi connectivity index (χ4v) is 1.12. The molecule has 14 heavy (non-hydrogen) atoms. The average Bonchev–Trinajstić information content (AvgIpc) is 2.00. The van der Waals surface area contributed by atoms with Gasteiger partial charge in [0.2, 0.25) is 0 Å². The Hall–Kier alpha value is -0.370. The van der Waals surface area contributed by atoms with E-state index >= 15 is 0 Å². The van der Waals surface area contributed by atoms with E-state index in [1.807, 2.05) is 0 Å². The second kappa shape index (κ2) is 6.18. The maximum absolute atomic E-state index is 10.8. The smallest absolute Gasteiger partial charge is 0.129 e. The molecular formula is C12H24O2. The van der Waals surface area contributed by atoms with Crippen molar-refractivity contribution in [1.82, 2.24) is 0 Å². The summed E-state index contributed by atoms with van der Waals surface area (Å²) in [6.45, 7) is 10.9. The number of hydrogen-bond donors (Lipinski definition) is 0. The lowest BCUT2D eigenvalue weighted by Crippen LogP contribution is -2.26. The van der Waals surface area contributed by atoms with E-state index in [4.69, 9.17) is 4.74 Å². The summed E-state index contributed by atoms with van der Waals surface area (Å²) in [5.74, 6) is 0.921. The van der Waals surface area contributed by atoms with Crippen LogP contribution in [0.4, 0.5) is 0 Å². The molecule has 0 amide bonds. The van der Waals surface area contributed by atoms with Crippen LogP contribution in [-0.4, -0.2) is 18.0 Å². The van der Waals surface area contributed by atoms with E-state index in [-0.39, 0.29) is 11.4 Å². The van der Waals surface area contributed by atoms with Crippen LogP contribution in [0.25, 0.3) is 0 Å². The third-order valence-corrected chi connectivity index (χ3v) is 2.27. The van der Waals surface area contributed by atoms with Crippen LogP contribution in [-0.2, 0) is 9.53 Å². The third kappa shape index (κ3) is 8.24. The van der Waals surface area contributed by atoms with E-state index < -0.39 is 0 Å². The highest BCUT2D eigenvalue weighted by atomic mass is 16.5. The lowest BCUT2D eigenvalue weighted by atomic mass is 10.0. The number of Topliss-reactive ketones (excluding diaryl/α,β-unsaturated/α-hetero) is 1. The highest BCUT2D eigenvalue weighted by Gasteiger charge is 2.18. The summed E-state index contributed by atoms with van der Waals surface area (Å²) < 4.78 is 5.74. The zero-order chi connectivity index (χ0) is 11.2. The minimum atomic E-state index is -0.152. The second-order valence-electron chi connectivity index (χ2n) is 4.99. The third-order valence-electron chi connectivity index (χ3n) is 2.27. The van der Waals surface area contributed by atoms with E-state index in [0.29, 0.717) is 12.3 Å². The summed E-state index contributed by atoms with van der Waals surface area (Å²) in [7, 11) is 0. The molecule has 0 aliphatic carbocycles. The van der Waals surface area contributed by atoms with Crippen LogP contribution in [0.3, 0.4) is 0 Å². The first-order valence-corrected chi connectivity index (χ1v) is 5.47. The first-order chi connectivity index (χ1) is 6.33. The van der Waals surface area contributed by atoms with E-state index in [0.717, 1.165) is 19.4 Å². The van der Waals surface area contributed by atoms with Gasteiger partial charge >= 0.3 is 0 Å². The van der Waals surface area contributed by atoms with Crippen LogP contribution in [0.5, 0.6) is 0 Å². The molecule has 0 saturated carbocycles. The van der Waals surface area contributed by atoms with Crippen LogP contribution >= 0.6 is 0 Å². The summed E-state index contributed by atoms with van der Waals surface area (Å²) in [5.41, 5.74) is -0.152. The quantitative estimate of drug-likeness (QED) is 0.631. The molecule has 0 aromatic rings. The van der Waals surface area contributed by atoms with Crippen molar-refractivity contribution in [2.45, 2.75) is 59.5 Å². The van der Waals surface area contributed by atoms with Gasteiger partial charge in [0.15, 0.2) is 0 Å². The van der Waals surface area contributed by atoms with Gasteiger partial charge in [-0.05, 0) is 39.5 Å². The lowest BCUT2D eigenvalue weighted by molar-refractivity contribution is -0.118. The van der Waals surface area contributed by atoms with Crippen LogP contribution < -0.4 is 0 Å². The molecule has 2 nitrogen and oxygen atoms in total. The molecule has 0 atom stereocenters. The molecule has 2 heteroatoms. The van der Waals surface area contributed by atoms with Crippen molar-refractivity contribution in [3.8, 4) is 0 Å². The minimum Gasteiger partial charge on any atom is -0.376 e. The molecule has 0 N–H and O–H groups in total. The van der Waals surface area contributed by atoms with Gasteiger partial charge in [-0.2, -0.15) is 0 Å². The van der Waals surface area contributed by atoms with Gasteiger partial charge in [-0.1, -0.05) is 13.8 Å². The van der Waals surface area contributed by atoms with E-state index in [1.165, 1.54) is 0 Å². The number of carbonyl (C=O) groups excluding carboxylic acids is 1. The topological polar surface area (TPSA) is 26.3 Å². The van der Waals surface area contributed by atoms with Crippen LogP contribution in [0.2, 0.25) is 0 Å². The SMILES string of the molecule is CC(=O)CCC(C)(C)OCCC(C)C. The molecule has 0 radical (unpaired) electrons. The summed E-state index contributed by atoms with van der Waals surface area (Å²) in [6.07, 6.45) is 2.53. The normalized spacial score (nSPS) is 12.1. The van der Waals surface area contributed by atoms with E-state index in [9.17, 15) is 4.79 Å². The maximum atomic E-state index is 10.8. The average molecular weight is 200 g/mol. The first kappa shape index (κ1) is 13.6. The Bertz CT molecular complexity index is 171. The van der Waals surface area contributed by atoms with Gasteiger partial charge < -0.3 is 9.53 Å². The molecule has 0 bridgehead atoms. The van der Waals surface area contributed by atoms with Gasteiger partial charge in [0.25, 0.3) is 0 Å². The Labute approximate surface area is 88.0 Å². The molecule has 0 aromatic carbocycles. The number of rotatable bonds is 7. The van der Waals surface area contributed by atoms with Crippen molar-refractivity contribution in [2.75, 3.05) is 6.61 Å². The zero-order valence-electron chi connectivity index (χ0n) is 10.2. The van der Waals surface area contributed by atoms with Crippen LogP contribution in [0.15, 0.2) is 0 Å². The Morgan fingerprint density at radius 3 is 2.36 bits per heavy atom. The van der Waals surface area contributed by atoms with Crippen molar-refractivity contribution in [1.29, 1.82) is 0 Å². The molecule has 0 rings (SSSR count). The highest BCUT2D eigenvalue weighted by molar-refractivity contribution is 5.75. The summed E-state index contributed by atoms with van der Waals surface area (Å²) in [5, 5.41) is 0. The molecule has 0 fully saturated rings. The van der Waals surface area contributed by atoms with Crippen molar-refractivity contribution < 1.29 is 9.53 Å². The summed E-state index contributed by atoms with van der Waals surface area (Å²) in [6, 6.07) is 0. The Morgan fingerprint density at radius 2 is 1.93 bits per heavy atom. The fourth-order valence-electron chi connectivity index (χ4n) is 1.12. The van der Waals surface area contributed by atoms with Gasteiger partial charge in [-0.15, -0.1) is 0 Å². The molecule has 0 unspecified atom stereocenters. The zero-order valence-corrected chi connectivity index (χ0v) is 10.2. The number of ketones is 1. The molecule has 0 aliphatic heterocycles. The second-order valence-corrected chi connectivity index (χ2v) is 4.99. The predicted molar refractivity (Wildman–Crippen MR) is 59.4 cm³/mol. The molecule has 0 saturated heterocycles. The fraction of sp³-hybridized carbons (Fsp3) is 0.917. The molecule has 0 spiro atoms. The number of ether oxygens (including phenoxy) is 1. The van der Waals surface area contributed by atoms with Crippen molar-refractivity contribution in [3.05, 3.63) is 0 Å². The maximum Gasteiger partial charge on any atom is 0.129 e. The van der Waals surface area contributed by atoms with E-state index in [2.05, 4.69) is 27.7 Å². The molecule has 84 valence electrons. The van der Waals surface area contributed by atoms with Gasteiger partial charge in [0.05, 0.1) is 5.60 Å². The highest BCUT2D eigenvalue weighted by Crippen LogP contribution is 2.17. The molecule has 0 heterocycles. The van der Waals surface area contributed by atoms with Gasteiger partial charge in [-0.25, -0.2) is 0 Å². The Balaban J connectivity index is 3.66. The predicted octanol–water partition coefficient (Wildman–Crippen LogP) is 3.20. The molecule has 0 aromatic heterocycles. The first-order valence-electron chi connectivity index (χ1n) is 5.47. The summed E-state index contributed by atoms with van der Waals surface area (Å²) >= 11 is 0. The standard InChI is InChI=1S/C12H24O2/c1-10(2)7-9-14-12(4,5)8-6-11(3)13/h10H,6-9H2,1-5H3. The Morgan fingerprint density at radius 1 is 1.36 bits per heavy atom. The Kier molecular flexibility index (Phi) is 6.01. The van der Waals surface area contributed by atoms with Gasteiger partial charge in [-0.3, -0.25) is 0 Å². The van der Waals surface area contributed by atoms with Gasteiger partial charge in [0, 0.05) is 13.0 Å². The largest absolute Gasteiger partial charge is 0.376 e. The van der Waals surface area contributed by atoms with E-state index in [1.54, 1.807) is 6.92 Å².